The number of ether oxygens (including phenoxy) is 2. The Labute approximate surface area is 160 Å². The molecule has 0 bridgehead atoms. The molecule has 1 saturated heterocycles. The van der Waals surface area contributed by atoms with Gasteiger partial charge in [-0.1, -0.05) is 0 Å². The second-order valence-corrected chi connectivity index (χ2v) is 8.92. The highest BCUT2D eigenvalue weighted by molar-refractivity contribution is 7.89. The van der Waals surface area contributed by atoms with Crippen molar-refractivity contribution in [1.82, 2.24) is 9.21 Å². The highest BCUT2D eigenvalue weighted by atomic mass is 32.2. The lowest BCUT2D eigenvalue weighted by Gasteiger charge is -2.35. The molecule has 27 heavy (non-hydrogen) atoms. The monoisotopic (exact) mass is 397 g/mol. The van der Waals surface area contributed by atoms with Gasteiger partial charge < -0.3 is 20.1 Å². The summed E-state index contributed by atoms with van der Waals surface area (Å²) in [5.74, 6) is 0.788. The molecule has 0 spiro atoms. The number of carbonyl (C=O) groups is 1. The fourth-order valence-electron chi connectivity index (χ4n) is 3.77. The summed E-state index contributed by atoms with van der Waals surface area (Å²) in [5.41, 5.74) is 5.91. The summed E-state index contributed by atoms with van der Waals surface area (Å²) >= 11 is 0. The Morgan fingerprint density at radius 3 is 2.37 bits per heavy atom. The van der Waals surface area contributed by atoms with Gasteiger partial charge in [0.1, 0.15) is 16.4 Å². The van der Waals surface area contributed by atoms with Gasteiger partial charge in [-0.25, -0.2) is 8.42 Å². The topological polar surface area (TPSA) is 102 Å². The maximum Gasteiger partial charge on any atom is 0.247 e. The van der Waals surface area contributed by atoms with Crippen molar-refractivity contribution in [3.8, 4) is 11.5 Å². The minimum absolute atomic E-state index is 0.0263. The smallest absolute Gasteiger partial charge is 0.247 e. The number of amides is 1. The number of benzene rings is 1. The van der Waals surface area contributed by atoms with Gasteiger partial charge in [-0.15, -0.1) is 0 Å². The molecule has 0 aromatic heterocycles. The van der Waals surface area contributed by atoms with Crippen molar-refractivity contribution in [3.05, 3.63) is 18.2 Å². The molecular weight excluding hydrogens is 370 g/mol. The Hall–Kier alpha value is -1.84. The van der Waals surface area contributed by atoms with Crippen LogP contribution < -0.4 is 15.2 Å². The Kier molecular flexibility index (Phi) is 5.92. The molecule has 1 aliphatic heterocycles. The van der Waals surface area contributed by atoms with Crippen LogP contribution >= 0.6 is 0 Å². The standard InChI is InChI=1S/C18H27N3O5S/c1-25-15-5-6-16(26-2)17(12-15)27(23,24)21-9-7-20(8-10-21)18(22)13-3-4-14(19)11-13/h5-6,12-14H,3-4,7-11,19H2,1-2H3. The molecule has 9 heteroatoms. The van der Waals surface area contributed by atoms with E-state index in [1.807, 2.05) is 0 Å². The van der Waals surface area contributed by atoms with Gasteiger partial charge in [0.05, 0.1) is 14.2 Å². The van der Waals surface area contributed by atoms with Crippen molar-refractivity contribution in [2.45, 2.75) is 30.2 Å². The van der Waals surface area contributed by atoms with Gasteiger partial charge in [0.25, 0.3) is 0 Å². The zero-order valence-corrected chi connectivity index (χ0v) is 16.6. The number of nitrogens with zero attached hydrogens (tertiary/aromatic N) is 2. The maximum absolute atomic E-state index is 13.1. The van der Waals surface area contributed by atoms with Crippen LogP contribution in [-0.2, 0) is 14.8 Å². The molecule has 1 amide bonds. The van der Waals surface area contributed by atoms with Crippen LogP contribution in [0.1, 0.15) is 19.3 Å². The molecule has 2 fully saturated rings. The van der Waals surface area contributed by atoms with Gasteiger partial charge in [0.2, 0.25) is 15.9 Å². The van der Waals surface area contributed by atoms with Crippen molar-refractivity contribution in [2.75, 3.05) is 40.4 Å². The van der Waals surface area contributed by atoms with E-state index in [-0.39, 0.29) is 41.6 Å². The van der Waals surface area contributed by atoms with Crippen molar-refractivity contribution in [1.29, 1.82) is 0 Å². The third-order valence-corrected chi connectivity index (χ3v) is 7.28. The quantitative estimate of drug-likeness (QED) is 0.783. The van der Waals surface area contributed by atoms with Crippen LogP contribution in [0.25, 0.3) is 0 Å². The summed E-state index contributed by atoms with van der Waals surface area (Å²) in [6.07, 6.45) is 2.41. The van der Waals surface area contributed by atoms with Gasteiger partial charge in [0.15, 0.2) is 0 Å². The second kappa shape index (κ2) is 8.04. The van der Waals surface area contributed by atoms with Gasteiger partial charge in [0, 0.05) is 44.2 Å². The van der Waals surface area contributed by atoms with Crippen LogP contribution in [0.3, 0.4) is 0 Å². The Balaban J connectivity index is 1.71. The first-order valence-electron chi connectivity index (χ1n) is 9.13. The van der Waals surface area contributed by atoms with Crippen molar-refractivity contribution >= 4 is 15.9 Å². The lowest BCUT2D eigenvalue weighted by molar-refractivity contribution is -0.136. The highest BCUT2D eigenvalue weighted by Crippen LogP contribution is 2.31. The minimum atomic E-state index is -3.74. The molecule has 1 aliphatic carbocycles. The first-order chi connectivity index (χ1) is 12.9. The molecule has 1 heterocycles. The summed E-state index contributed by atoms with van der Waals surface area (Å²) in [7, 11) is -0.826. The molecule has 0 radical (unpaired) electrons. The zero-order chi connectivity index (χ0) is 19.6. The van der Waals surface area contributed by atoms with Gasteiger partial charge in [-0.05, 0) is 31.4 Å². The third-order valence-electron chi connectivity index (χ3n) is 5.36. The number of carbonyl (C=O) groups excluding carboxylic acids is 1. The number of nitrogens with two attached hydrogens (primary N) is 1. The van der Waals surface area contributed by atoms with E-state index in [1.54, 1.807) is 17.0 Å². The van der Waals surface area contributed by atoms with Crippen molar-refractivity contribution in [3.63, 3.8) is 0 Å². The summed E-state index contributed by atoms with van der Waals surface area (Å²) in [5, 5.41) is 0. The van der Waals surface area contributed by atoms with E-state index >= 15 is 0 Å². The Bertz CT molecular complexity index is 790. The molecule has 2 aliphatic rings. The van der Waals surface area contributed by atoms with E-state index in [2.05, 4.69) is 0 Å². The highest BCUT2D eigenvalue weighted by Gasteiger charge is 2.36. The Morgan fingerprint density at radius 2 is 1.81 bits per heavy atom. The number of methoxy groups -OCH3 is 2. The van der Waals surface area contributed by atoms with Gasteiger partial charge in [-0.3, -0.25) is 4.79 Å². The molecule has 1 saturated carbocycles. The third kappa shape index (κ3) is 4.04. The zero-order valence-electron chi connectivity index (χ0n) is 15.8. The molecule has 2 unspecified atom stereocenters. The van der Waals surface area contributed by atoms with Crippen LogP contribution in [0.5, 0.6) is 11.5 Å². The van der Waals surface area contributed by atoms with Crippen LogP contribution in [0, 0.1) is 5.92 Å². The van der Waals surface area contributed by atoms with Gasteiger partial charge >= 0.3 is 0 Å². The lowest BCUT2D eigenvalue weighted by atomic mass is 10.1. The largest absolute Gasteiger partial charge is 0.497 e. The van der Waals surface area contributed by atoms with E-state index in [1.165, 1.54) is 24.6 Å². The minimum Gasteiger partial charge on any atom is -0.497 e. The summed E-state index contributed by atoms with van der Waals surface area (Å²) < 4.78 is 37.9. The predicted molar refractivity (Wildman–Crippen MR) is 100 cm³/mol. The average Bonchev–Trinajstić information content (AvgIpc) is 3.13. The first kappa shape index (κ1) is 19.9. The summed E-state index contributed by atoms with van der Waals surface area (Å²) in [4.78, 5) is 14.5. The van der Waals surface area contributed by atoms with Crippen LogP contribution in [0.15, 0.2) is 23.1 Å². The number of hydrogen-bond donors (Lipinski definition) is 1. The molecule has 3 rings (SSSR count). The van der Waals surface area contributed by atoms with Crippen LogP contribution in [0.2, 0.25) is 0 Å². The second-order valence-electron chi connectivity index (χ2n) is 7.02. The summed E-state index contributed by atoms with van der Waals surface area (Å²) in [6, 6.07) is 4.79. The Morgan fingerprint density at radius 1 is 1.11 bits per heavy atom. The van der Waals surface area contributed by atoms with E-state index < -0.39 is 10.0 Å². The maximum atomic E-state index is 13.1. The van der Waals surface area contributed by atoms with Crippen molar-refractivity contribution in [2.24, 2.45) is 11.7 Å². The SMILES string of the molecule is COc1ccc(OC)c(S(=O)(=O)N2CCN(C(=O)C3CCC(N)C3)CC2)c1. The van der Waals surface area contributed by atoms with E-state index in [4.69, 9.17) is 15.2 Å². The first-order valence-corrected chi connectivity index (χ1v) is 10.6. The van der Waals surface area contributed by atoms with Gasteiger partial charge in [-0.2, -0.15) is 4.31 Å². The molecule has 2 N–H and O–H groups in total. The molecule has 8 nitrogen and oxygen atoms in total. The predicted octanol–water partition coefficient (Wildman–Crippen LogP) is 0.664. The van der Waals surface area contributed by atoms with E-state index in [9.17, 15) is 13.2 Å². The molecule has 150 valence electrons. The van der Waals surface area contributed by atoms with Crippen LogP contribution in [0.4, 0.5) is 0 Å². The van der Waals surface area contributed by atoms with E-state index in [0.29, 0.717) is 18.8 Å². The van der Waals surface area contributed by atoms with E-state index in [0.717, 1.165) is 19.3 Å². The fourth-order valence-corrected chi connectivity index (χ4v) is 5.37. The number of sulfonamides is 1. The summed E-state index contributed by atoms with van der Waals surface area (Å²) in [6.45, 7) is 1.28. The van der Waals surface area contributed by atoms with Crippen LogP contribution in [-0.4, -0.2) is 70.0 Å². The average molecular weight is 397 g/mol. The molecular formula is C18H27N3O5S. The molecule has 2 atom stereocenters. The normalized spacial score (nSPS) is 24.0. The number of hydrogen-bond acceptors (Lipinski definition) is 6. The lowest BCUT2D eigenvalue weighted by Crippen LogP contribution is -2.51. The molecule has 1 aromatic carbocycles. The number of piperazine rings is 1. The fraction of sp³-hybridized carbons (Fsp3) is 0.611. The van der Waals surface area contributed by atoms with Crippen molar-refractivity contribution < 1.29 is 22.7 Å². The number of rotatable bonds is 5. The molecule has 1 aromatic rings.